The SMILES string of the molecule is CC(c1ccccc1)N1CCC(NC(=O)c2cnn(-c3cccc(C(F)(F)F)c3)c2C2CC2)C1. The predicted molar refractivity (Wildman–Crippen MR) is 123 cm³/mol. The van der Waals surface area contributed by atoms with Crippen molar-refractivity contribution in [3.8, 4) is 5.69 Å². The van der Waals surface area contributed by atoms with Crippen molar-refractivity contribution in [3.63, 3.8) is 0 Å². The Balaban J connectivity index is 1.32. The molecule has 0 radical (unpaired) electrons. The van der Waals surface area contributed by atoms with E-state index in [2.05, 4.69) is 34.4 Å². The molecular weight excluding hydrogens is 441 g/mol. The number of likely N-dealkylation sites (tertiary alicyclic amines) is 1. The summed E-state index contributed by atoms with van der Waals surface area (Å²) in [6.07, 6.45) is -0.298. The van der Waals surface area contributed by atoms with E-state index in [1.807, 2.05) is 18.2 Å². The van der Waals surface area contributed by atoms with Crippen LogP contribution in [0.15, 0.2) is 60.8 Å². The van der Waals surface area contributed by atoms with Gasteiger partial charge in [0.05, 0.1) is 28.7 Å². The van der Waals surface area contributed by atoms with Gasteiger partial charge in [0, 0.05) is 31.1 Å². The van der Waals surface area contributed by atoms with Gasteiger partial charge in [0.25, 0.3) is 5.91 Å². The van der Waals surface area contributed by atoms with E-state index in [-0.39, 0.29) is 23.9 Å². The monoisotopic (exact) mass is 468 g/mol. The van der Waals surface area contributed by atoms with Crippen LogP contribution < -0.4 is 5.32 Å². The van der Waals surface area contributed by atoms with E-state index in [0.29, 0.717) is 16.9 Å². The van der Waals surface area contributed by atoms with Gasteiger partial charge in [0.1, 0.15) is 0 Å². The smallest absolute Gasteiger partial charge is 0.348 e. The van der Waals surface area contributed by atoms with Crippen LogP contribution in [0.2, 0.25) is 0 Å². The first-order valence-electron chi connectivity index (χ1n) is 11.7. The third-order valence-corrected chi connectivity index (χ3v) is 6.82. The van der Waals surface area contributed by atoms with Crippen molar-refractivity contribution in [2.24, 2.45) is 0 Å². The molecule has 1 N–H and O–H groups in total. The Hall–Kier alpha value is -3.13. The summed E-state index contributed by atoms with van der Waals surface area (Å²) in [5.74, 6) is -0.0738. The summed E-state index contributed by atoms with van der Waals surface area (Å²) in [7, 11) is 0. The number of hydrogen-bond acceptors (Lipinski definition) is 3. The third kappa shape index (κ3) is 4.59. The van der Waals surface area contributed by atoms with Crippen molar-refractivity contribution in [3.05, 3.63) is 83.2 Å². The zero-order chi connectivity index (χ0) is 23.9. The lowest BCUT2D eigenvalue weighted by Gasteiger charge is -2.24. The van der Waals surface area contributed by atoms with Gasteiger partial charge in [0.15, 0.2) is 0 Å². The van der Waals surface area contributed by atoms with E-state index in [0.717, 1.165) is 44.5 Å². The predicted octanol–water partition coefficient (Wildman–Crippen LogP) is 5.33. The fraction of sp³-hybridized carbons (Fsp3) is 0.385. The highest BCUT2D eigenvalue weighted by Crippen LogP contribution is 2.43. The highest BCUT2D eigenvalue weighted by molar-refractivity contribution is 5.95. The molecule has 5 rings (SSSR count). The maximum absolute atomic E-state index is 13.2. The van der Waals surface area contributed by atoms with Gasteiger partial charge in [-0.15, -0.1) is 0 Å². The van der Waals surface area contributed by atoms with E-state index in [4.69, 9.17) is 0 Å². The number of nitrogens with one attached hydrogen (secondary N) is 1. The van der Waals surface area contributed by atoms with Crippen LogP contribution in [0, 0.1) is 0 Å². The first-order chi connectivity index (χ1) is 16.3. The van der Waals surface area contributed by atoms with Crippen molar-refractivity contribution in [2.45, 2.75) is 50.4 Å². The Bertz CT molecular complexity index is 1170. The summed E-state index contributed by atoms with van der Waals surface area (Å²) in [6, 6.07) is 15.6. The summed E-state index contributed by atoms with van der Waals surface area (Å²) in [5, 5.41) is 7.47. The second-order valence-corrected chi connectivity index (χ2v) is 9.22. The molecule has 2 atom stereocenters. The molecular formula is C26H27F3N4O. The molecule has 1 aromatic heterocycles. The number of rotatable bonds is 6. The van der Waals surface area contributed by atoms with Crippen LogP contribution in [0.1, 0.15) is 65.3 Å². The summed E-state index contributed by atoms with van der Waals surface area (Å²) in [5.41, 5.74) is 1.98. The van der Waals surface area contributed by atoms with Crippen molar-refractivity contribution in [2.75, 3.05) is 13.1 Å². The Morgan fingerprint density at radius 2 is 1.85 bits per heavy atom. The van der Waals surface area contributed by atoms with Gasteiger partial charge in [-0.05, 0) is 49.9 Å². The van der Waals surface area contributed by atoms with Crippen LogP contribution in [0.4, 0.5) is 13.2 Å². The van der Waals surface area contributed by atoms with Gasteiger partial charge in [-0.2, -0.15) is 18.3 Å². The van der Waals surface area contributed by atoms with E-state index in [9.17, 15) is 18.0 Å². The molecule has 178 valence electrons. The van der Waals surface area contributed by atoms with E-state index in [1.54, 1.807) is 6.07 Å². The molecule has 1 saturated carbocycles. The van der Waals surface area contributed by atoms with Gasteiger partial charge >= 0.3 is 6.18 Å². The number of nitrogens with zero attached hydrogens (tertiary/aromatic N) is 3. The van der Waals surface area contributed by atoms with Crippen LogP contribution in [0.25, 0.3) is 5.69 Å². The topological polar surface area (TPSA) is 50.2 Å². The average Bonchev–Trinajstić information content (AvgIpc) is 3.39. The number of hydrogen-bond donors (Lipinski definition) is 1. The van der Waals surface area contributed by atoms with Gasteiger partial charge in [-0.3, -0.25) is 9.69 Å². The van der Waals surface area contributed by atoms with Gasteiger partial charge < -0.3 is 5.32 Å². The van der Waals surface area contributed by atoms with Crippen LogP contribution in [-0.4, -0.2) is 39.7 Å². The zero-order valence-electron chi connectivity index (χ0n) is 18.9. The van der Waals surface area contributed by atoms with Crippen LogP contribution in [0.5, 0.6) is 0 Å². The third-order valence-electron chi connectivity index (χ3n) is 6.82. The molecule has 2 unspecified atom stereocenters. The Morgan fingerprint density at radius 3 is 2.56 bits per heavy atom. The molecule has 2 fully saturated rings. The maximum Gasteiger partial charge on any atom is 0.416 e. The highest BCUT2D eigenvalue weighted by Gasteiger charge is 2.35. The fourth-order valence-corrected chi connectivity index (χ4v) is 4.76. The first-order valence-corrected chi connectivity index (χ1v) is 11.7. The molecule has 1 saturated heterocycles. The number of benzene rings is 2. The molecule has 2 heterocycles. The Kier molecular flexibility index (Phi) is 5.93. The number of amides is 1. The summed E-state index contributed by atoms with van der Waals surface area (Å²) in [6.45, 7) is 3.81. The quantitative estimate of drug-likeness (QED) is 0.532. The Labute approximate surface area is 196 Å². The second kappa shape index (κ2) is 8.91. The van der Waals surface area contributed by atoms with Crippen molar-refractivity contribution in [1.82, 2.24) is 20.0 Å². The van der Waals surface area contributed by atoms with Gasteiger partial charge in [-0.25, -0.2) is 4.68 Å². The highest BCUT2D eigenvalue weighted by atomic mass is 19.4. The lowest BCUT2D eigenvalue weighted by atomic mass is 10.1. The molecule has 0 spiro atoms. The van der Waals surface area contributed by atoms with Crippen molar-refractivity contribution >= 4 is 5.91 Å². The normalized spacial score (nSPS) is 19.8. The maximum atomic E-state index is 13.2. The fourth-order valence-electron chi connectivity index (χ4n) is 4.76. The van der Waals surface area contributed by atoms with Crippen LogP contribution in [0.3, 0.4) is 0 Å². The minimum atomic E-state index is -4.44. The molecule has 34 heavy (non-hydrogen) atoms. The molecule has 1 amide bonds. The number of aromatic nitrogens is 2. The Morgan fingerprint density at radius 1 is 1.09 bits per heavy atom. The lowest BCUT2D eigenvalue weighted by molar-refractivity contribution is -0.137. The minimum Gasteiger partial charge on any atom is -0.348 e. The number of alkyl halides is 3. The van der Waals surface area contributed by atoms with Crippen molar-refractivity contribution < 1.29 is 18.0 Å². The zero-order valence-corrected chi connectivity index (χ0v) is 18.9. The molecule has 8 heteroatoms. The molecule has 5 nitrogen and oxygen atoms in total. The second-order valence-electron chi connectivity index (χ2n) is 9.22. The number of carbonyl (C=O) groups is 1. The number of halogens is 3. The lowest BCUT2D eigenvalue weighted by Crippen LogP contribution is -2.37. The van der Waals surface area contributed by atoms with Crippen molar-refractivity contribution in [1.29, 1.82) is 0 Å². The van der Waals surface area contributed by atoms with Crippen LogP contribution >= 0.6 is 0 Å². The molecule has 1 aliphatic carbocycles. The van der Waals surface area contributed by atoms with Gasteiger partial charge in [-0.1, -0.05) is 36.4 Å². The minimum absolute atomic E-state index is 0.0163. The summed E-state index contributed by atoms with van der Waals surface area (Å²) >= 11 is 0. The molecule has 1 aliphatic heterocycles. The van der Waals surface area contributed by atoms with E-state index in [1.165, 1.54) is 22.5 Å². The molecule has 2 aliphatic rings. The molecule has 3 aromatic rings. The van der Waals surface area contributed by atoms with E-state index >= 15 is 0 Å². The average molecular weight is 469 g/mol. The molecule has 0 bridgehead atoms. The van der Waals surface area contributed by atoms with E-state index < -0.39 is 11.7 Å². The number of carbonyl (C=O) groups excluding carboxylic acids is 1. The largest absolute Gasteiger partial charge is 0.416 e. The molecule has 2 aromatic carbocycles. The summed E-state index contributed by atoms with van der Waals surface area (Å²) < 4.78 is 41.1. The first kappa shape index (κ1) is 22.7. The van der Waals surface area contributed by atoms with Crippen LogP contribution in [-0.2, 0) is 6.18 Å². The van der Waals surface area contributed by atoms with Gasteiger partial charge in [0.2, 0.25) is 0 Å². The summed E-state index contributed by atoms with van der Waals surface area (Å²) in [4.78, 5) is 15.6. The standard InChI is InChI=1S/C26H27F3N4O/c1-17(18-6-3-2-4-7-18)32-13-12-21(16-32)31-25(34)23-15-30-33(24(23)19-10-11-19)22-9-5-8-20(14-22)26(27,28)29/h2-9,14-15,17,19,21H,10-13,16H2,1H3,(H,31,34).